The molecule has 3 N–H and O–H groups in total. The maximum Gasteiger partial charge on any atom is 0.331 e. The molecule has 2 aromatic rings. The van der Waals surface area contributed by atoms with Crippen LogP contribution in [0.5, 0.6) is 0 Å². The number of carboxylic acid groups (broad SMARTS) is 2. The molecule has 3 rings (SSSR count). The highest BCUT2D eigenvalue weighted by atomic mass is 16.4. The molecule has 0 radical (unpaired) electrons. The fourth-order valence-corrected chi connectivity index (χ4v) is 2.83. The third-order valence-corrected chi connectivity index (χ3v) is 4.20. The van der Waals surface area contributed by atoms with E-state index in [1.54, 1.807) is 24.4 Å². The van der Waals surface area contributed by atoms with E-state index in [1.165, 1.54) is 19.1 Å². The number of H-pyrrole nitrogens is 1. The van der Waals surface area contributed by atoms with E-state index in [-0.39, 0.29) is 17.6 Å². The minimum absolute atomic E-state index is 0.0782. The van der Waals surface area contributed by atoms with Crippen LogP contribution < -0.4 is 0 Å². The second-order valence-electron chi connectivity index (χ2n) is 6.08. The molecule has 1 aliphatic rings. The molecule has 0 spiro atoms. The van der Waals surface area contributed by atoms with Crippen molar-refractivity contribution in [2.75, 3.05) is 0 Å². The number of aromatic amines is 1. The van der Waals surface area contributed by atoms with Gasteiger partial charge in [0.1, 0.15) is 0 Å². The highest BCUT2D eigenvalue weighted by molar-refractivity contribution is 6.13. The molecule has 0 unspecified atom stereocenters. The number of carbonyl (C=O) groups is 3. The summed E-state index contributed by atoms with van der Waals surface area (Å²) >= 11 is 0. The Bertz CT molecular complexity index is 934. The number of benzene rings is 1. The molecule has 0 saturated carbocycles. The number of aliphatic carboxylic acids is 2. The number of aromatic nitrogens is 1. The van der Waals surface area contributed by atoms with Crippen LogP contribution in [-0.4, -0.2) is 32.9 Å². The Morgan fingerprint density at radius 2 is 1.92 bits per heavy atom. The van der Waals surface area contributed by atoms with Crippen LogP contribution in [0, 0.1) is 5.41 Å². The first-order valence-corrected chi connectivity index (χ1v) is 7.32. The van der Waals surface area contributed by atoms with Crippen molar-refractivity contribution in [1.82, 2.24) is 4.98 Å². The van der Waals surface area contributed by atoms with Crippen LogP contribution in [0.15, 0.2) is 53.8 Å². The van der Waals surface area contributed by atoms with Crippen molar-refractivity contribution in [3.8, 4) is 0 Å². The van der Waals surface area contributed by atoms with E-state index in [0.29, 0.717) is 5.56 Å². The molecule has 0 bridgehead atoms. The van der Waals surface area contributed by atoms with Gasteiger partial charge < -0.3 is 15.2 Å². The molecule has 1 atom stereocenters. The third kappa shape index (κ3) is 2.62. The van der Waals surface area contributed by atoms with E-state index in [0.717, 1.165) is 10.9 Å². The first kappa shape index (κ1) is 15.7. The van der Waals surface area contributed by atoms with E-state index in [2.05, 4.69) is 4.98 Å². The van der Waals surface area contributed by atoms with Gasteiger partial charge in [0, 0.05) is 28.4 Å². The minimum Gasteiger partial charge on any atom is -0.481 e. The molecule has 0 fully saturated rings. The van der Waals surface area contributed by atoms with Crippen LogP contribution in [0.1, 0.15) is 23.7 Å². The zero-order chi connectivity index (χ0) is 17.5. The van der Waals surface area contributed by atoms with Gasteiger partial charge in [-0.05, 0) is 36.9 Å². The summed E-state index contributed by atoms with van der Waals surface area (Å²) in [6.07, 6.45) is 4.18. The van der Waals surface area contributed by atoms with Crippen molar-refractivity contribution in [3.63, 3.8) is 0 Å². The molecule has 122 valence electrons. The summed E-state index contributed by atoms with van der Waals surface area (Å²) in [6.45, 7) is 1.41. The van der Waals surface area contributed by atoms with Gasteiger partial charge >= 0.3 is 11.9 Å². The van der Waals surface area contributed by atoms with Crippen molar-refractivity contribution in [2.45, 2.75) is 13.3 Å². The number of Topliss-reactive ketones (excluding diaryl/α,β-unsaturated/α-hetero) is 1. The summed E-state index contributed by atoms with van der Waals surface area (Å²) in [5.41, 5.74) is -0.294. The van der Waals surface area contributed by atoms with E-state index in [9.17, 15) is 24.6 Å². The summed E-state index contributed by atoms with van der Waals surface area (Å²) in [5, 5.41) is 19.6. The number of nitrogens with one attached hydrogen (secondary N) is 1. The highest BCUT2D eigenvalue weighted by Crippen LogP contribution is 2.35. The SMILES string of the molecule is C[C@]1(C(=O)O)C=C(C(=O)c2ccc3cc[nH]c3c2)C=C(C(=O)O)C1. The second kappa shape index (κ2) is 5.49. The summed E-state index contributed by atoms with van der Waals surface area (Å²) in [4.78, 5) is 38.5. The van der Waals surface area contributed by atoms with Crippen LogP contribution >= 0.6 is 0 Å². The van der Waals surface area contributed by atoms with E-state index < -0.39 is 23.1 Å². The third-order valence-electron chi connectivity index (χ3n) is 4.20. The minimum atomic E-state index is -1.43. The van der Waals surface area contributed by atoms with Crippen molar-refractivity contribution in [3.05, 3.63) is 59.3 Å². The quantitative estimate of drug-likeness (QED) is 0.749. The van der Waals surface area contributed by atoms with E-state index in [1.807, 2.05) is 6.07 Å². The molecule has 24 heavy (non-hydrogen) atoms. The fraction of sp³-hybridized carbons (Fsp3) is 0.167. The molecule has 6 nitrogen and oxygen atoms in total. The van der Waals surface area contributed by atoms with Gasteiger partial charge in [-0.3, -0.25) is 9.59 Å². The van der Waals surface area contributed by atoms with Crippen LogP contribution in [0.4, 0.5) is 0 Å². The molecule has 1 aromatic heterocycles. The summed E-state index contributed by atoms with van der Waals surface area (Å²) in [7, 11) is 0. The largest absolute Gasteiger partial charge is 0.481 e. The lowest BCUT2D eigenvalue weighted by Gasteiger charge is -2.26. The second-order valence-corrected chi connectivity index (χ2v) is 6.08. The highest BCUT2D eigenvalue weighted by Gasteiger charge is 2.37. The van der Waals surface area contributed by atoms with Crippen molar-refractivity contribution >= 4 is 28.6 Å². The molecule has 0 aliphatic heterocycles. The Labute approximate surface area is 137 Å². The van der Waals surface area contributed by atoms with Gasteiger partial charge in [0.05, 0.1) is 5.41 Å². The number of hydrogen-bond donors (Lipinski definition) is 3. The van der Waals surface area contributed by atoms with Gasteiger partial charge in [-0.25, -0.2) is 4.79 Å². The zero-order valence-corrected chi connectivity index (χ0v) is 12.9. The number of rotatable bonds is 4. The number of carbonyl (C=O) groups excluding carboxylic acids is 1. The lowest BCUT2D eigenvalue weighted by atomic mass is 9.76. The van der Waals surface area contributed by atoms with Gasteiger partial charge in [-0.1, -0.05) is 18.2 Å². The molecular formula is C18H15NO5. The monoisotopic (exact) mass is 325 g/mol. The first-order chi connectivity index (χ1) is 11.3. The number of hydrogen-bond acceptors (Lipinski definition) is 3. The average Bonchev–Trinajstić information content (AvgIpc) is 3.00. The van der Waals surface area contributed by atoms with E-state index >= 15 is 0 Å². The summed E-state index contributed by atoms with van der Waals surface area (Å²) in [5.74, 6) is -2.79. The first-order valence-electron chi connectivity index (χ1n) is 7.32. The maximum atomic E-state index is 12.7. The summed E-state index contributed by atoms with van der Waals surface area (Å²) in [6, 6.07) is 6.95. The standard InChI is InChI=1S/C18H15NO5/c1-18(17(23)24)8-12(6-13(9-18)16(21)22)15(20)11-3-2-10-4-5-19-14(10)7-11/h2-8,19H,9H2,1H3,(H,21,22)(H,23,24)/t18-/m0/s1. The number of ketones is 1. The predicted molar refractivity (Wildman–Crippen MR) is 86.8 cm³/mol. The van der Waals surface area contributed by atoms with Crippen molar-refractivity contribution < 1.29 is 24.6 Å². The van der Waals surface area contributed by atoms with Crippen LogP contribution in [0.3, 0.4) is 0 Å². The number of fused-ring (bicyclic) bond motifs is 1. The lowest BCUT2D eigenvalue weighted by Crippen LogP contribution is -2.30. The Morgan fingerprint density at radius 3 is 2.58 bits per heavy atom. The van der Waals surface area contributed by atoms with Gasteiger partial charge in [-0.15, -0.1) is 0 Å². The van der Waals surface area contributed by atoms with Crippen LogP contribution in [-0.2, 0) is 9.59 Å². The molecule has 1 heterocycles. The number of allylic oxidation sites excluding steroid dienone is 2. The molecular weight excluding hydrogens is 310 g/mol. The smallest absolute Gasteiger partial charge is 0.331 e. The predicted octanol–water partition coefficient (Wildman–Crippen LogP) is 2.78. The van der Waals surface area contributed by atoms with Crippen molar-refractivity contribution in [2.24, 2.45) is 5.41 Å². The van der Waals surface area contributed by atoms with E-state index in [4.69, 9.17) is 0 Å². The van der Waals surface area contributed by atoms with Gasteiger partial charge in [0.25, 0.3) is 0 Å². The Kier molecular flexibility index (Phi) is 3.60. The zero-order valence-electron chi connectivity index (χ0n) is 12.9. The van der Waals surface area contributed by atoms with Gasteiger partial charge in [-0.2, -0.15) is 0 Å². The van der Waals surface area contributed by atoms with Crippen LogP contribution in [0.25, 0.3) is 10.9 Å². The number of carboxylic acids is 2. The Morgan fingerprint density at radius 1 is 1.17 bits per heavy atom. The molecule has 0 saturated heterocycles. The fourth-order valence-electron chi connectivity index (χ4n) is 2.83. The van der Waals surface area contributed by atoms with Gasteiger partial charge in [0.15, 0.2) is 5.78 Å². The van der Waals surface area contributed by atoms with Gasteiger partial charge in [0.2, 0.25) is 0 Å². The molecule has 0 amide bonds. The topological polar surface area (TPSA) is 107 Å². The van der Waals surface area contributed by atoms with Crippen LogP contribution in [0.2, 0.25) is 0 Å². The lowest BCUT2D eigenvalue weighted by molar-refractivity contribution is -0.145. The molecule has 1 aliphatic carbocycles. The molecule has 6 heteroatoms. The average molecular weight is 325 g/mol. The normalized spacial score (nSPS) is 20.4. The maximum absolute atomic E-state index is 12.7. The summed E-state index contributed by atoms with van der Waals surface area (Å²) < 4.78 is 0. The molecule has 1 aromatic carbocycles. The Hall–Kier alpha value is -3.15. The Balaban J connectivity index is 2.06. The van der Waals surface area contributed by atoms with Crippen molar-refractivity contribution in [1.29, 1.82) is 0 Å².